The van der Waals surface area contributed by atoms with Crippen LogP contribution in [0.3, 0.4) is 0 Å². The first-order chi connectivity index (χ1) is 13.6. The van der Waals surface area contributed by atoms with Crippen molar-refractivity contribution in [1.82, 2.24) is 9.88 Å². The van der Waals surface area contributed by atoms with Crippen molar-refractivity contribution >= 4 is 16.8 Å². The number of nitrogens with zero attached hydrogens (tertiary/aromatic N) is 1. The highest BCUT2D eigenvalue weighted by Crippen LogP contribution is 2.18. The quantitative estimate of drug-likeness (QED) is 0.739. The number of pyridine rings is 1. The van der Waals surface area contributed by atoms with Gasteiger partial charge in [-0.3, -0.25) is 9.59 Å². The van der Waals surface area contributed by atoms with Crippen molar-refractivity contribution in [2.45, 2.75) is 32.4 Å². The van der Waals surface area contributed by atoms with Crippen LogP contribution in [0.1, 0.15) is 34.3 Å². The molecule has 0 aliphatic carbocycles. The van der Waals surface area contributed by atoms with Crippen LogP contribution in [0.4, 0.5) is 0 Å². The van der Waals surface area contributed by atoms with Crippen molar-refractivity contribution in [3.63, 3.8) is 0 Å². The second-order valence-electron chi connectivity index (χ2n) is 7.40. The summed E-state index contributed by atoms with van der Waals surface area (Å²) >= 11 is 0. The van der Waals surface area contributed by atoms with Crippen LogP contribution in [0, 0.1) is 6.92 Å². The lowest BCUT2D eigenvalue weighted by Crippen LogP contribution is -2.38. The molecule has 1 amide bonds. The van der Waals surface area contributed by atoms with Gasteiger partial charge in [0, 0.05) is 29.8 Å². The average molecular weight is 376 g/mol. The summed E-state index contributed by atoms with van der Waals surface area (Å²) in [4.78, 5) is 30.5. The molecule has 1 aromatic heterocycles. The minimum atomic E-state index is -0.156. The second-order valence-corrected chi connectivity index (χ2v) is 7.40. The Hall–Kier alpha value is -2.92. The van der Waals surface area contributed by atoms with Crippen LogP contribution in [0.2, 0.25) is 0 Å². The molecule has 4 rings (SSSR count). The lowest BCUT2D eigenvalue weighted by Gasteiger charge is -2.25. The van der Waals surface area contributed by atoms with Crippen LogP contribution in [-0.4, -0.2) is 35.0 Å². The Kier molecular flexibility index (Phi) is 5.26. The fraction of sp³-hybridized carbons (Fsp3) is 0.304. The van der Waals surface area contributed by atoms with Gasteiger partial charge in [-0.25, -0.2) is 0 Å². The topological polar surface area (TPSA) is 62.4 Å². The second kappa shape index (κ2) is 7.98. The standard InChI is InChI=1S/C23H24N2O3/c1-16-9-10-18-13-19(22(26)24-21(18)12-16)14-25(15-20-8-5-11-28-20)23(27)17-6-3-2-4-7-17/h2-4,6-7,9-10,12-13,20H,5,8,11,14-15H2,1H3,(H,24,26)/t20-/m1/s1. The van der Waals surface area contributed by atoms with Crippen molar-refractivity contribution in [2.75, 3.05) is 13.2 Å². The number of aromatic amines is 1. The SMILES string of the molecule is Cc1ccc2cc(CN(C[C@H]3CCCO3)C(=O)c3ccccc3)c(=O)[nH]c2c1. The number of hydrogen-bond acceptors (Lipinski definition) is 3. The molecule has 0 unspecified atom stereocenters. The molecule has 1 aliphatic rings. The number of aryl methyl sites for hydroxylation is 1. The highest BCUT2D eigenvalue weighted by atomic mass is 16.5. The summed E-state index contributed by atoms with van der Waals surface area (Å²) in [6.07, 6.45) is 1.97. The smallest absolute Gasteiger partial charge is 0.254 e. The van der Waals surface area contributed by atoms with E-state index < -0.39 is 0 Å². The van der Waals surface area contributed by atoms with E-state index in [9.17, 15) is 9.59 Å². The van der Waals surface area contributed by atoms with Crippen LogP contribution in [0.5, 0.6) is 0 Å². The van der Waals surface area contributed by atoms with E-state index in [4.69, 9.17) is 4.74 Å². The van der Waals surface area contributed by atoms with E-state index in [2.05, 4.69) is 4.98 Å². The van der Waals surface area contributed by atoms with Gasteiger partial charge in [0.2, 0.25) is 0 Å². The van der Waals surface area contributed by atoms with Crippen molar-refractivity contribution in [1.29, 1.82) is 0 Å². The molecule has 2 aromatic carbocycles. The monoisotopic (exact) mass is 376 g/mol. The minimum absolute atomic E-state index is 0.0230. The largest absolute Gasteiger partial charge is 0.376 e. The van der Waals surface area contributed by atoms with Crippen LogP contribution >= 0.6 is 0 Å². The zero-order chi connectivity index (χ0) is 19.5. The van der Waals surface area contributed by atoms with Crippen LogP contribution in [-0.2, 0) is 11.3 Å². The minimum Gasteiger partial charge on any atom is -0.376 e. The fourth-order valence-electron chi connectivity index (χ4n) is 3.70. The van der Waals surface area contributed by atoms with Gasteiger partial charge in [0.15, 0.2) is 0 Å². The van der Waals surface area contributed by atoms with Crippen LogP contribution < -0.4 is 5.56 Å². The Labute approximate surface area is 163 Å². The third-order valence-corrected chi connectivity index (χ3v) is 5.20. The Balaban J connectivity index is 1.65. The summed E-state index contributed by atoms with van der Waals surface area (Å²) in [6, 6.07) is 17.0. The zero-order valence-corrected chi connectivity index (χ0v) is 16.0. The van der Waals surface area contributed by atoms with Crippen molar-refractivity contribution in [3.8, 4) is 0 Å². The highest BCUT2D eigenvalue weighted by Gasteiger charge is 2.24. The van der Waals surface area contributed by atoms with Gasteiger partial charge in [-0.2, -0.15) is 0 Å². The van der Waals surface area contributed by atoms with Gasteiger partial charge in [-0.1, -0.05) is 30.3 Å². The van der Waals surface area contributed by atoms with Gasteiger partial charge in [0.25, 0.3) is 11.5 Å². The summed E-state index contributed by atoms with van der Waals surface area (Å²) < 4.78 is 5.74. The summed E-state index contributed by atoms with van der Waals surface area (Å²) in [5, 5.41) is 0.962. The van der Waals surface area contributed by atoms with Gasteiger partial charge in [0.05, 0.1) is 12.6 Å². The van der Waals surface area contributed by atoms with Crippen molar-refractivity contribution in [2.24, 2.45) is 0 Å². The fourth-order valence-corrected chi connectivity index (χ4v) is 3.70. The van der Waals surface area contributed by atoms with E-state index in [1.807, 2.05) is 49.4 Å². The molecule has 1 atom stereocenters. The Morgan fingerprint density at radius 2 is 2.00 bits per heavy atom. The van der Waals surface area contributed by atoms with Gasteiger partial charge >= 0.3 is 0 Å². The molecular weight excluding hydrogens is 352 g/mol. The lowest BCUT2D eigenvalue weighted by atomic mass is 10.1. The first kappa shape index (κ1) is 18.4. The normalized spacial score (nSPS) is 16.4. The average Bonchev–Trinajstić information content (AvgIpc) is 3.21. The number of ether oxygens (including phenoxy) is 1. The van der Waals surface area contributed by atoms with E-state index in [1.54, 1.807) is 17.0 Å². The molecule has 144 valence electrons. The summed E-state index contributed by atoms with van der Waals surface area (Å²) in [5.41, 5.74) is 2.95. The van der Waals surface area contributed by atoms with Gasteiger partial charge in [-0.05, 0) is 55.0 Å². The predicted octanol–water partition coefficient (Wildman–Crippen LogP) is 3.66. The molecule has 1 saturated heterocycles. The molecule has 1 N–H and O–H groups in total. The number of nitrogens with one attached hydrogen (secondary N) is 1. The number of H-pyrrole nitrogens is 1. The molecule has 0 bridgehead atoms. The number of amides is 1. The van der Waals surface area contributed by atoms with Crippen molar-refractivity contribution < 1.29 is 9.53 Å². The van der Waals surface area contributed by atoms with Gasteiger partial charge < -0.3 is 14.6 Å². The molecule has 5 nitrogen and oxygen atoms in total. The maximum Gasteiger partial charge on any atom is 0.254 e. The Bertz CT molecular complexity index is 1040. The Morgan fingerprint density at radius 3 is 2.75 bits per heavy atom. The van der Waals surface area contributed by atoms with Crippen LogP contribution in [0.25, 0.3) is 10.9 Å². The van der Waals surface area contributed by atoms with E-state index in [0.717, 1.165) is 35.9 Å². The number of hydrogen-bond donors (Lipinski definition) is 1. The van der Waals surface area contributed by atoms with Gasteiger partial charge in [0.1, 0.15) is 0 Å². The molecule has 3 aromatic rings. The molecular formula is C23H24N2O3. The summed E-state index contributed by atoms with van der Waals surface area (Å²) in [5.74, 6) is -0.0838. The molecule has 5 heteroatoms. The highest BCUT2D eigenvalue weighted by molar-refractivity contribution is 5.94. The number of carbonyl (C=O) groups excluding carboxylic acids is 1. The first-order valence-electron chi connectivity index (χ1n) is 9.68. The van der Waals surface area contributed by atoms with E-state index in [-0.39, 0.29) is 24.1 Å². The maximum atomic E-state index is 13.1. The molecule has 0 saturated carbocycles. The molecule has 1 fully saturated rings. The number of aromatic nitrogens is 1. The number of carbonyl (C=O) groups is 1. The number of rotatable bonds is 5. The molecule has 28 heavy (non-hydrogen) atoms. The van der Waals surface area contributed by atoms with E-state index >= 15 is 0 Å². The van der Waals surface area contributed by atoms with Crippen molar-refractivity contribution in [3.05, 3.63) is 81.6 Å². The zero-order valence-electron chi connectivity index (χ0n) is 16.0. The van der Waals surface area contributed by atoms with Gasteiger partial charge in [-0.15, -0.1) is 0 Å². The third-order valence-electron chi connectivity index (χ3n) is 5.20. The maximum absolute atomic E-state index is 13.1. The number of fused-ring (bicyclic) bond motifs is 1. The third kappa shape index (κ3) is 3.99. The molecule has 0 radical (unpaired) electrons. The number of benzene rings is 2. The van der Waals surface area contributed by atoms with Crippen LogP contribution in [0.15, 0.2) is 59.4 Å². The van der Waals surface area contributed by atoms with E-state index in [0.29, 0.717) is 17.7 Å². The Morgan fingerprint density at radius 1 is 1.18 bits per heavy atom. The summed E-state index contributed by atoms with van der Waals surface area (Å²) in [7, 11) is 0. The predicted molar refractivity (Wildman–Crippen MR) is 109 cm³/mol. The molecule has 2 heterocycles. The van der Waals surface area contributed by atoms with E-state index in [1.165, 1.54) is 0 Å². The molecule has 1 aliphatic heterocycles. The molecule has 0 spiro atoms. The lowest BCUT2D eigenvalue weighted by molar-refractivity contribution is 0.0506. The summed E-state index contributed by atoms with van der Waals surface area (Å²) in [6.45, 7) is 3.47. The first-order valence-corrected chi connectivity index (χ1v) is 9.68.